The Morgan fingerprint density at radius 2 is 2.00 bits per heavy atom. The summed E-state index contributed by atoms with van der Waals surface area (Å²) in [7, 11) is 0. The maximum Gasteiger partial charge on any atom is 0.349 e. The van der Waals surface area contributed by atoms with Gasteiger partial charge in [0.2, 0.25) is 0 Å². The molecule has 1 aromatic carbocycles. The number of esters is 1. The van der Waals surface area contributed by atoms with Crippen molar-refractivity contribution in [3.63, 3.8) is 0 Å². The first-order valence-electron chi connectivity index (χ1n) is 10.3. The van der Waals surface area contributed by atoms with Gasteiger partial charge in [0.15, 0.2) is 6.61 Å². The van der Waals surface area contributed by atoms with E-state index in [1.165, 1.54) is 6.08 Å². The number of nitrogens with zero attached hydrogens (tertiary/aromatic N) is 2. The quantitative estimate of drug-likeness (QED) is 0.273. The molecular weight excluding hydrogens is 394 g/mol. The fourth-order valence-electron chi connectivity index (χ4n) is 3.16. The highest BCUT2D eigenvalue weighted by Crippen LogP contribution is 2.19. The highest BCUT2D eigenvalue weighted by Gasteiger charge is 2.15. The molecule has 7 heteroatoms. The summed E-state index contributed by atoms with van der Waals surface area (Å²) < 4.78 is 12.7. The first-order chi connectivity index (χ1) is 14.8. The zero-order valence-electron chi connectivity index (χ0n) is 18.5. The van der Waals surface area contributed by atoms with E-state index in [-0.39, 0.29) is 12.1 Å². The number of carbonyl (C=O) groups is 2. The second kappa shape index (κ2) is 11.6. The van der Waals surface area contributed by atoms with Crippen LogP contribution in [0.3, 0.4) is 0 Å². The van der Waals surface area contributed by atoms with Crippen LogP contribution in [0, 0.1) is 32.1 Å². The predicted molar refractivity (Wildman–Crippen MR) is 118 cm³/mol. The Labute approximate surface area is 183 Å². The number of nitriles is 1. The number of rotatable bonds is 10. The van der Waals surface area contributed by atoms with Crippen molar-refractivity contribution in [2.45, 2.75) is 40.7 Å². The number of ether oxygens (including phenoxy) is 2. The third-order valence-corrected chi connectivity index (χ3v) is 4.72. The molecule has 0 aliphatic carbocycles. The molecule has 2 rings (SSSR count). The van der Waals surface area contributed by atoms with Gasteiger partial charge in [-0.15, -0.1) is 0 Å². The number of nitrogens with one attached hydrogen (secondary N) is 1. The fraction of sp³-hybridized carbons (Fsp3) is 0.375. The minimum atomic E-state index is -0.825. The molecule has 2 aromatic rings. The predicted octanol–water partition coefficient (Wildman–Crippen LogP) is 3.47. The summed E-state index contributed by atoms with van der Waals surface area (Å²) in [6.45, 7) is 8.96. The molecular formula is C24H29N3O4. The minimum Gasteiger partial charge on any atom is -0.492 e. The third kappa shape index (κ3) is 7.03. The lowest BCUT2D eigenvalue weighted by Crippen LogP contribution is -2.32. The van der Waals surface area contributed by atoms with Crippen molar-refractivity contribution in [3.8, 4) is 11.8 Å². The molecule has 0 fully saturated rings. The molecule has 0 radical (unpaired) electrons. The highest BCUT2D eigenvalue weighted by molar-refractivity contribution is 5.99. The summed E-state index contributed by atoms with van der Waals surface area (Å²) in [5, 5.41) is 12.0. The lowest BCUT2D eigenvalue weighted by atomic mass is 10.1. The van der Waals surface area contributed by atoms with Crippen LogP contribution in [-0.4, -0.2) is 36.2 Å². The van der Waals surface area contributed by atoms with Gasteiger partial charge in [0.05, 0.1) is 6.54 Å². The monoisotopic (exact) mass is 423 g/mol. The largest absolute Gasteiger partial charge is 0.492 e. The van der Waals surface area contributed by atoms with E-state index in [9.17, 15) is 14.9 Å². The Morgan fingerprint density at radius 1 is 1.23 bits per heavy atom. The Hall–Kier alpha value is -3.53. The minimum absolute atomic E-state index is 0.146. The van der Waals surface area contributed by atoms with Crippen LogP contribution in [0.15, 0.2) is 35.9 Å². The second-order valence-electron chi connectivity index (χ2n) is 7.24. The van der Waals surface area contributed by atoms with Gasteiger partial charge in [0, 0.05) is 17.9 Å². The number of amides is 1. The summed E-state index contributed by atoms with van der Waals surface area (Å²) in [5.41, 5.74) is 3.77. The Balaban J connectivity index is 1.83. The molecule has 7 nitrogen and oxygen atoms in total. The molecule has 0 atom stereocenters. The van der Waals surface area contributed by atoms with Gasteiger partial charge >= 0.3 is 5.97 Å². The summed E-state index contributed by atoms with van der Waals surface area (Å²) in [6.07, 6.45) is 2.49. The van der Waals surface area contributed by atoms with E-state index >= 15 is 0 Å². The summed E-state index contributed by atoms with van der Waals surface area (Å²) in [5.74, 6) is -0.559. The normalized spacial score (nSPS) is 11.0. The van der Waals surface area contributed by atoms with E-state index < -0.39 is 18.5 Å². The first kappa shape index (κ1) is 23.7. The van der Waals surface area contributed by atoms with Crippen molar-refractivity contribution in [2.24, 2.45) is 0 Å². The third-order valence-electron chi connectivity index (χ3n) is 4.72. The molecule has 1 amide bonds. The smallest absolute Gasteiger partial charge is 0.349 e. The van der Waals surface area contributed by atoms with Gasteiger partial charge in [-0.3, -0.25) is 4.79 Å². The van der Waals surface area contributed by atoms with Crippen LogP contribution in [0.25, 0.3) is 6.08 Å². The van der Waals surface area contributed by atoms with E-state index in [1.54, 1.807) is 0 Å². The molecule has 0 spiro atoms. The van der Waals surface area contributed by atoms with Gasteiger partial charge in [0.1, 0.15) is 24.0 Å². The van der Waals surface area contributed by atoms with Gasteiger partial charge in [-0.1, -0.05) is 19.1 Å². The molecule has 0 saturated carbocycles. The Bertz CT molecular complexity index is 999. The average Bonchev–Trinajstić information content (AvgIpc) is 3.01. The zero-order chi connectivity index (χ0) is 22.8. The first-order valence-corrected chi connectivity index (χ1v) is 10.3. The SMILES string of the molecule is CCCn1c(C)cc(/C=C(\C#N)C(=O)OCC(=O)NCCOc2cccc(C)c2)c1C. The standard InChI is InChI=1S/C24H29N3O4/c1-5-10-27-18(3)13-20(19(27)4)14-21(15-25)24(29)31-16-23(28)26-9-11-30-22-8-6-7-17(2)12-22/h6-8,12-14H,5,9-11,16H2,1-4H3,(H,26,28)/b21-14+. The molecule has 1 aromatic heterocycles. The maximum absolute atomic E-state index is 12.2. The van der Waals surface area contributed by atoms with Gasteiger partial charge in [-0.05, 0) is 62.6 Å². The number of hydrogen-bond acceptors (Lipinski definition) is 5. The van der Waals surface area contributed by atoms with Crippen LogP contribution in [-0.2, 0) is 20.9 Å². The van der Waals surface area contributed by atoms with Crippen molar-refractivity contribution in [2.75, 3.05) is 19.8 Å². The lowest BCUT2D eigenvalue weighted by Gasteiger charge is -2.09. The van der Waals surface area contributed by atoms with Crippen molar-refractivity contribution in [1.29, 1.82) is 5.26 Å². The van der Waals surface area contributed by atoms with E-state index in [1.807, 2.05) is 57.2 Å². The van der Waals surface area contributed by atoms with Gasteiger partial charge in [-0.2, -0.15) is 5.26 Å². The average molecular weight is 424 g/mol. The van der Waals surface area contributed by atoms with Crippen molar-refractivity contribution >= 4 is 18.0 Å². The number of carbonyl (C=O) groups excluding carboxylic acids is 2. The number of hydrogen-bond donors (Lipinski definition) is 1. The number of aromatic nitrogens is 1. The number of benzene rings is 1. The Kier molecular flexibility index (Phi) is 8.89. The van der Waals surface area contributed by atoms with Crippen LogP contribution in [0.1, 0.15) is 35.9 Å². The van der Waals surface area contributed by atoms with Crippen molar-refractivity contribution in [1.82, 2.24) is 9.88 Å². The summed E-state index contributed by atoms with van der Waals surface area (Å²) >= 11 is 0. The van der Waals surface area contributed by atoms with Gasteiger partial charge in [0.25, 0.3) is 5.91 Å². The molecule has 0 unspecified atom stereocenters. The van der Waals surface area contributed by atoms with Crippen LogP contribution < -0.4 is 10.1 Å². The zero-order valence-corrected chi connectivity index (χ0v) is 18.5. The maximum atomic E-state index is 12.2. The molecule has 164 valence electrons. The molecule has 0 bridgehead atoms. The van der Waals surface area contributed by atoms with E-state index in [0.29, 0.717) is 6.61 Å². The van der Waals surface area contributed by atoms with E-state index in [0.717, 1.165) is 41.2 Å². The van der Waals surface area contributed by atoms with E-state index in [4.69, 9.17) is 9.47 Å². The molecule has 31 heavy (non-hydrogen) atoms. The van der Waals surface area contributed by atoms with Crippen LogP contribution >= 0.6 is 0 Å². The fourth-order valence-corrected chi connectivity index (χ4v) is 3.16. The number of aryl methyl sites for hydroxylation is 2. The molecule has 0 aliphatic rings. The van der Waals surface area contributed by atoms with Crippen LogP contribution in [0.4, 0.5) is 0 Å². The van der Waals surface area contributed by atoms with Crippen LogP contribution in [0.2, 0.25) is 0 Å². The topological polar surface area (TPSA) is 93.4 Å². The van der Waals surface area contributed by atoms with Crippen molar-refractivity contribution in [3.05, 3.63) is 58.4 Å². The second-order valence-corrected chi connectivity index (χ2v) is 7.24. The molecule has 0 aliphatic heterocycles. The van der Waals surface area contributed by atoms with Gasteiger partial charge in [-0.25, -0.2) is 4.79 Å². The Morgan fingerprint density at radius 3 is 2.68 bits per heavy atom. The van der Waals surface area contributed by atoms with Crippen LogP contribution in [0.5, 0.6) is 5.75 Å². The van der Waals surface area contributed by atoms with E-state index in [2.05, 4.69) is 16.8 Å². The lowest BCUT2D eigenvalue weighted by molar-refractivity contribution is -0.144. The summed E-state index contributed by atoms with van der Waals surface area (Å²) in [6, 6.07) is 11.4. The van der Waals surface area contributed by atoms with Crippen molar-refractivity contribution < 1.29 is 19.1 Å². The molecule has 1 heterocycles. The molecule has 1 N–H and O–H groups in total. The molecule has 0 saturated heterocycles. The van der Waals surface area contributed by atoms with Gasteiger partial charge < -0.3 is 19.4 Å². The summed E-state index contributed by atoms with van der Waals surface area (Å²) in [4.78, 5) is 24.1. The highest BCUT2D eigenvalue weighted by atomic mass is 16.5.